The van der Waals surface area contributed by atoms with Crippen LogP contribution < -0.4 is 0 Å². The molecule has 0 heterocycles. The van der Waals surface area contributed by atoms with Crippen LogP contribution in [-0.2, 0) is 39.9 Å². The molecule has 27 heavy (non-hydrogen) atoms. The average molecular weight is 404 g/mol. The van der Waals surface area contributed by atoms with E-state index in [9.17, 15) is 13.2 Å². The number of benzene rings is 1. The van der Waals surface area contributed by atoms with Gasteiger partial charge < -0.3 is 18.9 Å². The van der Waals surface area contributed by atoms with Crippen LogP contribution in [-0.4, -0.2) is 73.3 Å². The zero-order chi connectivity index (χ0) is 20.0. The normalized spacial score (nSPS) is 11.6. The Bertz CT molecular complexity index is 627. The van der Waals surface area contributed by atoms with E-state index in [0.717, 1.165) is 11.8 Å². The van der Waals surface area contributed by atoms with Crippen molar-refractivity contribution in [1.29, 1.82) is 0 Å². The van der Waals surface area contributed by atoms with Gasteiger partial charge in [-0.15, -0.1) is 0 Å². The Balaban J connectivity index is 1.86. The molecule has 0 saturated heterocycles. The van der Waals surface area contributed by atoms with Gasteiger partial charge in [-0.25, -0.2) is 0 Å². The van der Waals surface area contributed by atoms with Gasteiger partial charge in [0.05, 0.1) is 65.7 Å². The van der Waals surface area contributed by atoms with Crippen LogP contribution >= 0.6 is 0 Å². The van der Waals surface area contributed by atoms with Crippen LogP contribution in [0.25, 0.3) is 0 Å². The summed E-state index contributed by atoms with van der Waals surface area (Å²) < 4.78 is 47.3. The minimum absolute atomic E-state index is 0.00279. The highest BCUT2D eigenvalue weighted by molar-refractivity contribution is 7.85. The molecule has 0 atom stereocenters. The fourth-order valence-electron chi connectivity index (χ4n) is 1.93. The number of Topliss-reactive ketones (excluding diaryl/α,β-unsaturated/α-hetero) is 1. The van der Waals surface area contributed by atoms with Crippen LogP contribution in [0.4, 0.5) is 0 Å². The quantitative estimate of drug-likeness (QED) is 0.232. The van der Waals surface area contributed by atoms with Gasteiger partial charge in [0, 0.05) is 5.56 Å². The average Bonchev–Trinajstić information content (AvgIpc) is 2.61. The number of carbonyl (C=O) groups is 1. The van der Waals surface area contributed by atoms with Gasteiger partial charge in [-0.3, -0.25) is 8.98 Å². The van der Waals surface area contributed by atoms with Crippen molar-refractivity contribution in [3.8, 4) is 0 Å². The second-order valence-electron chi connectivity index (χ2n) is 5.67. The molecule has 8 nitrogen and oxygen atoms in total. The van der Waals surface area contributed by atoms with E-state index in [-0.39, 0.29) is 19.0 Å². The van der Waals surface area contributed by atoms with Crippen molar-refractivity contribution < 1.29 is 36.3 Å². The van der Waals surface area contributed by atoms with E-state index in [2.05, 4.69) is 4.18 Å². The largest absolute Gasteiger partial charge is 0.377 e. The summed E-state index contributed by atoms with van der Waals surface area (Å²) in [6.45, 7) is 4.79. The molecule has 0 aliphatic rings. The van der Waals surface area contributed by atoms with E-state index >= 15 is 0 Å². The maximum atomic E-state index is 11.2. The van der Waals surface area contributed by atoms with Crippen molar-refractivity contribution in [1.82, 2.24) is 0 Å². The van der Waals surface area contributed by atoms with E-state index < -0.39 is 10.1 Å². The van der Waals surface area contributed by atoms with Crippen LogP contribution in [0.15, 0.2) is 24.3 Å². The Morgan fingerprint density at radius 3 is 1.67 bits per heavy atom. The molecule has 0 aromatic heterocycles. The smallest absolute Gasteiger partial charge is 0.264 e. The first-order chi connectivity index (χ1) is 12.9. The fraction of sp³-hybridized carbons (Fsp3) is 0.611. The second-order valence-corrected chi connectivity index (χ2v) is 7.31. The monoisotopic (exact) mass is 404 g/mol. The van der Waals surface area contributed by atoms with Crippen LogP contribution in [0.2, 0.25) is 0 Å². The van der Waals surface area contributed by atoms with E-state index in [1.807, 2.05) is 12.1 Å². The number of ketones is 1. The van der Waals surface area contributed by atoms with E-state index in [0.29, 0.717) is 51.8 Å². The molecule has 0 fully saturated rings. The molecule has 0 spiro atoms. The molecule has 9 heteroatoms. The SMILES string of the molecule is CC(=O)c1ccc(COCCOCCOCCOCCOS(C)(=O)=O)cc1. The van der Waals surface area contributed by atoms with Gasteiger partial charge in [-0.2, -0.15) is 8.42 Å². The number of carbonyl (C=O) groups excluding carboxylic acids is 1. The second kappa shape index (κ2) is 13.8. The maximum Gasteiger partial charge on any atom is 0.264 e. The summed E-state index contributed by atoms with van der Waals surface area (Å²) in [6.07, 6.45) is 0.994. The van der Waals surface area contributed by atoms with Gasteiger partial charge in [-0.1, -0.05) is 24.3 Å². The number of hydrogen-bond donors (Lipinski definition) is 0. The summed E-state index contributed by atoms with van der Waals surface area (Å²) in [7, 11) is -3.41. The summed E-state index contributed by atoms with van der Waals surface area (Å²) in [5.74, 6) is 0.0469. The van der Waals surface area contributed by atoms with Crippen molar-refractivity contribution in [2.75, 3.05) is 59.1 Å². The van der Waals surface area contributed by atoms with Gasteiger partial charge in [0.15, 0.2) is 5.78 Å². The molecule has 1 rings (SSSR count). The van der Waals surface area contributed by atoms with Crippen LogP contribution in [0.3, 0.4) is 0 Å². The zero-order valence-corrected chi connectivity index (χ0v) is 16.7. The molecule has 0 aliphatic heterocycles. The van der Waals surface area contributed by atoms with Crippen molar-refractivity contribution in [2.45, 2.75) is 13.5 Å². The first kappa shape index (κ1) is 23.7. The topological polar surface area (TPSA) is 97.4 Å². The van der Waals surface area contributed by atoms with Crippen LogP contribution in [0.5, 0.6) is 0 Å². The van der Waals surface area contributed by atoms with Crippen molar-refractivity contribution in [3.05, 3.63) is 35.4 Å². The van der Waals surface area contributed by atoms with Gasteiger partial charge in [0.25, 0.3) is 10.1 Å². The van der Waals surface area contributed by atoms with Gasteiger partial charge in [-0.05, 0) is 12.5 Å². The lowest BCUT2D eigenvalue weighted by atomic mass is 10.1. The van der Waals surface area contributed by atoms with E-state index in [4.69, 9.17) is 18.9 Å². The van der Waals surface area contributed by atoms with Crippen molar-refractivity contribution in [3.63, 3.8) is 0 Å². The Morgan fingerprint density at radius 2 is 1.22 bits per heavy atom. The predicted molar refractivity (Wildman–Crippen MR) is 99.4 cm³/mol. The summed E-state index contributed by atoms with van der Waals surface area (Å²) in [5.41, 5.74) is 1.69. The molecule has 1 aromatic rings. The van der Waals surface area contributed by atoms with Crippen molar-refractivity contribution >= 4 is 15.9 Å². The molecule has 0 aliphatic carbocycles. The molecular weight excluding hydrogens is 376 g/mol. The molecule has 0 unspecified atom stereocenters. The fourth-order valence-corrected chi connectivity index (χ4v) is 2.30. The summed E-state index contributed by atoms with van der Waals surface area (Å²) in [5, 5.41) is 0. The first-order valence-electron chi connectivity index (χ1n) is 8.64. The molecule has 0 saturated carbocycles. The Hall–Kier alpha value is -1.36. The predicted octanol–water partition coefficient (Wildman–Crippen LogP) is 1.43. The lowest BCUT2D eigenvalue weighted by molar-refractivity contribution is -0.00640. The number of rotatable bonds is 16. The van der Waals surface area contributed by atoms with Crippen molar-refractivity contribution in [2.24, 2.45) is 0 Å². The van der Waals surface area contributed by atoms with Crippen LogP contribution in [0.1, 0.15) is 22.8 Å². The highest BCUT2D eigenvalue weighted by atomic mass is 32.2. The highest BCUT2D eigenvalue weighted by Gasteiger charge is 2.01. The zero-order valence-electron chi connectivity index (χ0n) is 15.8. The molecular formula is C18H28O8S. The molecule has 0 amide bonds. The molecule has 0 radical (unpaired) electrons. The van der Waals surface area contributed by atoms with Gasteiger partial charge >= 0.3 is 0 Å². The Morgan fingerprint density at radius 1 is 0.778 bits per heavy atom. The Labute approximate surface area is 160 Å². The third-order valence-corrected chi connectivity index (χ3v) is 3.87. The van der Waals surface area contributed by atoms with E-state index in [1.54, 1.807) is 12.1 Å². The van der Waals surface area contributed by atoms with Gasteiger partial charge in [0.1, 0.15) is 0 Å². The third kappa shape index (κ3) is 13.5. The lowest BCUT2D eigenvalue weighted by Gasteiger charge is -2.08. The summed E-state index contributed by atoms with van der Waals surface area (Å²) in [6, 6.07) is 7.33. The highest BCUT2D eigenvalue weighted by Crippen LogP contribution is 2.06. The maximum absolute atomic E-state index is 11.2. The third-order valence-electron chi connectivity index (χ3n) is 3.27. The molecule has 1 aromatic carbocycles. The molecule has 0 bridgehead atoms. The number of ether oxygens (including phenoxy) is 4. The van der Waals surface area contributed by atoms with Gasteiger partial charge in [0.2, 0.25) is 0 Å². The van der Waals surface area contributed by atoms with Crippen LogP contribution in [0, 0.1) is 0 Å². The summed E-state index contributed by atoms with van der Waals surface area (Å²) in [4.78, 5) is 11.2. The minimum atomic E-state index is -3.41. The van der Waals surface area contributed by atoms with E-state index in [1.165, 1.54) is 6.92 Å². The number of hydrogen-bond acceptors (Lipinski definition) is 8. The summed E-state index contributed by atoms with van der Waals surface area (Å²) >= 11 is 0. The first-order valence-corrected chi connectivity index (χ1v) is 10.5. The standard InChI is InChI=1S/C18H28O8S/c1-16(19)18-5-3-17(4-6-18)15-25-12-11-23-8-7-22-9-10-24-13-14-26-27(2,20)21/h3-6H,7-15H2,1-2H3. The molecule has 154 valence electrons. The minimum Gasteiger partial charge on any atom is -0.377 e. The Kier molecular flexibility index (Phi) is 12.1. The lowest BCUT2D eigenvalue weighted by Crippen LogP contribution is -2.14. The molecule has 0 N–H and O–H groups in total.